The highest BCUT2D eigenvalue weighted by atomic mass is 16.4. The van der Waals surface area contributed by atoms with Crippen LogP contribution >= 0.6 is 0 Å². The van der Waals surface area contributed by atoms with Crippen molar-refractivity contribution in [2.45, 2.75) is 51.1 Å². The molecule has 1 unspecified atom stereocenters. The van der Waals surface area contributed by atoms with Crippen LogP contribution in [0.25, 0.3) is 0 Å². The van der Waals surface area contributed by atoms with Crippen molar-refractivity contribution in [3.63, 3.8) is 0 Å². The number of amides is 1. The van der Waals surface area contributed by atoms with Gasteiger partial charge in [-0.25, -0.2) is 0 Å². The van der Waals surface area contributed by atoms with E-state index >= 15 is 0 Å². The van der Waals surface area contributed by atoms with Gasteiger partial charge in [-0.1, -0.05) is 19.8 Å². The number of nitrogens with zero attached hydrogens (tertiary/aromatic N) is 1. The third-order valence-corrected chi connectivity index (χ3v) is 3.23. The zero-order valence-electron chi connectivity index (χ0n) is 9.69. The van der Waals surface area contributed by atoms with Crippen molar-refractivity contribution >= 4 is 11.9 Å². The molecule has 0 heterocycles. The Kier molecular flexibility index (Phi) is 4.73. The van der Waals surface area contributed by atoms with E-state index in [2.05, 4.69) is 0 Å². The summed E-state index contributed by atoms with van der Waals surface area (Å²) in [6.45, 7) is 1.77. The fourth-order valence-electron chi connectivity index (χ4n) is 2.48. The topological polar surface area (TPSA) is 83.6 Å². The van der Waals surface area contributed by atoms with E-state index in [1.807, 2.05) is 6.92 Å². The first kappa shape index (κ1) is 13.0. The smallest absolute Gasteiger partial charge is 0.317 e. The number of hydrogen-bond acceptors (Lipinski definition) is 3. The zero-order chi connectivity index (χ0) is 12.1. The van der Waals surface area contributed by atoms with Crippen LogP contribution in [0.2, 0.25) is 0 Å². The second-order valence-electron chi connectivity index (χ2n) is 4.33. The fraction of sp³-hybridized carbons (Fsp3) is 0.818. The minimum Gasteiger partial charge on any atom is -0.480 e. The lowest BCUT2D eigenvalue weighted by Crippen LogP contribution is -2.50. The molecule has 1 aliphatic carbocycles. The molecule has 92 valence electrons. The molecule has 16 heavy (non-hydrogen) atoms. The van der Waals surface area contributed by atoms with Crippen molar-refractivity contribution in [1.29, 1.82) is 0 Å². The van der Waals surface area contributed by atoms with E-state index in [1.165, 1.54) is 0 Å². The molecule has 0 aromatic rings. The molecule has 3 N–H and O–H groups in total. The van der Waals surface area contributed by atoms with Gasteiger partial charge in [0.25, 0.3) is 0 Å². The SMILES string of the molecule is CCC(C(N)=O)N(CC(=O)O)C1CCCC1. The van der Waals surface area contributed by atoms with Crippen molar-refractivity contribution < 1.29 is 14.7 Å². The monoisotopic (exact) mass is 228 g/mol. The molecule has 0 aromatic heterocycles. The van der Waals surface area contributed by atoms with Crippen LogP contribution in [0.1, 0.15) is 39.0 Å². The largest absolute Gasteiger partial charge is 0.480 e. The fourth-order valence-corrected chi connectivity index (χ4v) is 2.48. The predicted molar refractivity (Wildman–Crippen MR) is 59.9 cm³/mol. The molecule has 1 atom stereocenters. The summed E-state index contributed by atoms with van der Waals surface area (Å²) in [6, 6.07) is -0.243. The number of carboxylic acids is 1. The van der Waals surface area contributed by atoms with Crippen LogP contribution in [-0.4, -0.2) is 40.5 Å². The van der Waals surface area contributed by atoms with Crippen molar-refractivity contribution in [2.75, 3.05) is 6.54 Å². The number of carbonyl (C=O) groups is 2. The van der Waals surface area contributed by atoms with Crippen LogP contribution in [0.5, 0.6) is 0 Å². The summed E-state index contributed by atoms with van der Waals surface area (Å²) in [5.41, 5.74) is 5.32. The lowest BCUT2D eigenvalue weighted by molar-refractivity contribution is -0.140. The first-order chi connectivity index (χ1) is 7.56. The Bertz CT molecular complexity index is 262. The Labute approximate surface area is 95.6 Å². The molecule has 1 amide bonds. The summed E-state index contributed by atoms with van der Waals surface area (Å²) >= 11 is 0. The highest BCUT2D eigenvalue weighted by Gasteiger charge is 2.32. The molecule has 5 heteroatoms. The Morgan fingerprint density at radius 1 is 1.44 bits per heavy atom. The summed E-state index contributed by atoms with van der Waals surface area (Å²) in [5.74, 6) is -1.32. The van der Waals surface area contributed by atoms with Crippen LogP contribution in [0.15, 0.2) is 0 Å². The van der Waals surface area contributed by atoms with Crippen LogP contribution in [0.4, 0.5) is 0 Å². The van der Waals surface area contributed by atoms with E-state index in [0.717, 1.165) is 25.7 Å². The standard InChI is InChI=1S/C11H20N2O3/c1-2-9(11(12)16)13(7-10(14)15)8-5-3-4-6-8/h8-9H,2-7H2,1H3,(H2,12,16)(H,14,15). The quantitative estimate of drug-likeness (QED) is 0.696. The number of rotatable bonds is 6. The highest BCUT2D eigenvalue weighted by molar-refractivity contribution is 5.80. The molecule has 0 radical (unpaired) electrons. The second kappa shape index (κ2) is 5.84. The van der Waals surface area contributed by atoms with E-state index < -0.39 is 17.9 Å². The van der Waals surface area contributed by atoms with Gasteiger partial charge in [0, 0.05) is 6.04 Å². The van der Waals surface area contributed by atoms with Gasteiger partial charge in [0.15, 0.2) is 0 Å². The summed E-state index contributed by atoms with van der Waals surface area (Å²) in [7, 11) is 0. The third-order valence-electron chi connectivity index (χ3n) is 3.23. The Balaban J connectivity index is 2.75. The van der Waals surface area contributed by atoms with Gasteiger partial charge in [-0.15, -0.1) is 0 Å². The number of nitrogens with two attached hydrogens (primary N) is 1. The molecule has 5 nitrogen and oxygen atoms in total. The summed E-state index contributed by atoms with van der Waals surface area (Å²) in [4.78, 5) is 23.9. The molecule has 0 bridgehead atoms. The van der Waals surface area contributed by atoms with Gasteiger partial charge >= 0.3 is 5.97 Å². The Morgan fingerprint density at radius 2 is 2.00 bits per heavy atom. The number of carbonyl (C=O) groups excluding carboxylic acids is 1. The maximum Gasteiger partial charge on any atom is 0.317 e. The number of aliphatic carboxylic acids is 1. The lowest BCUT2D eigenvalue weighted by Gasteiger charge is -2.32. The molecule has 1 rings (SSSR count). The first-order valence-electron chi connectivity index (χ1n) is 5.83. The Hall–Kier alpha value is -1.10. The van der Waals surface area contributed by atoms with Crippen molar-refractivity contribution in [3.8, 4) is 0 Å². The molecule has 0 aliphatic heterocycles. The lowest BCUT2D eigenvalue weighted by atomic mass is 10.1. The summed E-state index contributed by atoms with van der Waals surface area (Å²) < 4.78 is 0. The number of primary amides is 1. The minimum absolute atomic E-state index is 0.0912. The molecular formula is C11H20N2O3. The van der Waals surface area contributed by atoms with Gasteiger partial charge in [-0.05, 0) is 19.3 Å². The average molecular weight is 228 g/mol. The maximum atomic E-state index is 11.3. The van der Waals surface area contributed by atoms with Gasteiger partial charge in [0.05, 0.1) is 12.6 Å². The van der Waals surface area contributed by atoms with Crippen LogP contribution in [-0.2, 0) is 9.59 Å². The average Bonchev–Trinajstić information content (AvgIpc) is 2.68. The zero-order valence-corrected chi connectivity index (χ0v) is 9.69. The number of hydrogen-bond donors (Lipinski definition) is 2. The maximum absolute atomic E-state index is 11.3. The second-order valence-corrected chi connectivity index (χ2v) is 4.33. The van der Waals surface area contributed by atoms with Gasteiger partial charge in [0.2, 0.25) is 5.91 Å². The Morgan fingerprint density at radius 3 is 2.38 bits per heavy atom. The van der Waals surface area contributed by atoms with E-state index in [4.69, 9.17) is 10.8 Å². The molecule has 1 fully saturated rings. The highest BCUT2D eigenvalue weighted by Crippen LogP contribution is 2.25. The first-order valence-corrected chi connectivity index (χ1v) is 5.83. The normalized spacial score (nSPS) is 18.9. The summed E-state index contributed by atoms with van der Waals surface area (Å²) in [6.07, 6.45) is 4.72. The van der Waals surface area contributed by atoms with E-state index in [0.29, 0.717) is 6.42 Å². The summed E-state index contributed by atoms with van der Waals surface area (Å²) in [5, 5.41) is 8.88. The van der Waals surface area contributed by atoms with Gasteiger partial charge in [0.1, 0.15) is 0 Å². The van der Waals surface area contributed by atoms with Gasteiger partial charge < -0.3 is 10.8 Å². The molecule has 0 saturated heterocycles. The van der Waals surface area contributed by atoms with Crippen LogP contribution < -0.4 is 5.73 Å². The van der Waals surface area contributed by atoms with Crippen molar-refractivity contribution in [3.05, 3.63) is 0 Å². The molecule has 1 saturated carbocycles. The van der Waals surface area contributed by atoms with Crippen LogP contribution in [0, 0.1) is 0 Å². The molecular weight excluding hydrogens is 208 g/mol. The molecule has 0 aromatic carbocycles. The molecule has 0 spiro atoms. The predicted octanol–water partition coefficient (Wildman–Crippen LogP) is 0.579. The van der Waals surface area contributed by atoms with Gasteiger partial charge in [-0.3, -0.25) is 14.5 Å². The number of carboxylic acid groups (broad SMARTS) is 1. The van der Waals surface area contributed by atoms with Gasteiger partial charge in [-0.2, -0.15) is 0 Å². The third kappa shape index (κ3) is 3.20. The van der Waals surface area contributed by atoms with E-state index in [9.17, 15) is 9.59 Å². The van der Waals surface area contributed by atoms with Crippen molar-refractivity contribution in [1.82, 2.24) is 4.90 Å². The minimum atomic E-state index is -0.897. The van der Waals surface area contributed by atoms with E-state index in [-0.39, 0.29) is 12.6 Å². The van der Waals surface area contributed by atoms with E-state index in [1.54, 1.807) is 4.90 Å². The van der Waals surface area contributed by atoms with Crippen LogP contribution in [0.3, 0.4) is 0 Å². The molecule has 1 aliphatic rings. The van der Waals surface area contributed by atoms with Crippen molar-refractivity contribution in [2.24, 2.45) is 5.73 Å².